The van der Waals surface area contributed by atoms with Gasteiger partial charge in [0.15, 0.2) is 18.1 Å². The number of fused-ring (bicyclic) bond motifs is 2. The maximum absolute atomic E-state index is 12.8. The van der Waals surface area contributed by atoms with Gasteiger partial charge >= 0.3 is 5.97 Å². The fraction of sp³-hybridized carbons (Fsp3) is 0.185. The van der Waals surface area contributed by atoms with E-state index in [4.69, 9.17) is 14.2 Å². The van der Waals surface area contributed by atoms with Crippen molar-refractivity contribution in [3.8, 4) is 17.2 Å². The van der Waals surface area contributed by atoms with Gasteiger partial charge in [0.2, 0.25) is 5.78 Å². The van der Waals surface area contributed by atoms with E-state index in [0.29, 0.717) is 36.0 Å². The molecule has 4 aromatic rings. The first-order valence-electron chi connectivity index (χ1n) is 11.2. The first kappa shape index (κ1) is 22.3. The molecule has 1 aliphatic heterocycles. The minimum atomic E-state index is -0.631. The van der Waals surface area contributed by atoms with Crippen LogP contribution >= 0.6 is 0 Å². The topological polar surface area (TPSA) is 92.5 Å². The number of ketones is 1. The van der Waals surface area contributed by atoms with Crippen LogP contribution < -0.4 is 9.47 Å². The molecule has 0 saturated heterocycles. The summed E-state index contributed by atoms with van der Waals surface area (Å²) in [6.45, 7) is 4.43. The number of rotatable bonds is 6. The van der Waals surface area contributed by atoms with Crippen molar-refractivity contribution in [3.05, 3.63) is 83.4 Å². The van der Waals surface area contributed by atoms with Crippen molar-refractivity contribution in [1.82, 2.24) is 14.5 Å². The molecule has 0 aliphatic carbocycles. The summed E-state index contributed by atoms with van der Waals surface area (Å²) in [6, 6.07) is 14.9. The average Bonchev–Trinajstić information content (AvgIpc) is 3.19. The zero-order chi connectivity index (χ0) is 24.4. The fourth-order valence-corrected chi connectivity index (χ4v) is 4.08. The minimum Gasteiger partial charge on any atom is -0.486 e. The first-order valence-corrected chi connectivity index (χ1v) is 11.2. The standard InChI is InChI=1S/C27H23N3O5/c1-17-13-21(18(2)30(17)20-8-9-25-26(14-20)34-12-11-33-25)24(31)16-35-27(32)10-7-19-15-28-22-5-3-4-6-23(22)29-19/h3-10,13-15H,11-12,16H2,1-2H3/b10-7+. The Balaban J connectivity index is 1.26. The molecule has 2 aromatic carbocycles. The Bertz CT molecular complexity index is 1470. The molecule has 5 rings (SSSR count). The molecule has 2 aromatic heterocycles. The molecule has 0 radical (unpaired) electrons. The second kappa shape index (κ2) is 9.42. The van der Waals surface area contributed by atoms with Crippen molar-refractivity contribution in [2.24, 2.45) is 0 Å². The van der Waals surface area contributed by atoms with E-state index in [0.717, 1.165) is 28.1 Å². The van der Waals surface area contributed by atoms with Crippen LogP contribution in [-0.2, 0) is 9.53 Å². The number of Topliss-reactive ketones (excluding diaryl/α,β-unsaturated/α-hetero) is 1. The van der Waals surface area contributed by atoms with E-state index in [1.807, 2.05) is 60.9 Å². The van der Waals surface area contributed by atoms with Crippen molar-refractivity contribution < 1.29 is 23.8 Å². The molecule has 0 amide bonds. The summed E-state index contributed by atoms with van der Waals surface area (Å²) in [5.74, 6) is 0.461. The molecule has 0 N–H and O–H groups in total. The third-order valence-corrected chi connectivity index (χ3v) is 5.72. The number of aromatic nitrogens is 3. The summed E-state index contributed by atoms with van der Waals surface area (Å²) in [5.41, 5.74) is 5.01. The number of benzene rings is 2. The maximum Gasteiger partial charge on any atom is 0.331 e. The van der Waals surface area contributed by atoms with Crippen LogP contribution in [0, 0.1) is 13.8 Å². The van der Waals surface area contributed by atoms with Gasteiger partial charge in [0.1, 0.15) is 13.2 Å². The summed E-state index contributed by atoms with van der Waals surface area (Å²) >= 11 is 0. The molecule has 0 unspecified atom stereocenters. The molecule has 8 nitrogen and oxygen atoms in total. The van der Waals surface area contributed by atoms with Gasteiger partial charge in [-0.1, -0.05) is 12.1 Å². The molecule has 3 heterocycles. The summed E-state index contributed by atoms with van der Waals surface area (Å²) in [5, 5.41) is 0. The van der Waals surface area contributed by atoms with Gasteiger partial charge in [0.25, 0.3) is 0 Å². The minimum absolute atomic E-state index is 0.283. The van der Waals surface area contributed by atoms with E-state index in [2.05, 4.69) is 9.97 Å². The Morgan fingerprint density at radius 2 is 1.80 bits per heavy atom. The Labute approximate surface area is 201 Å². The lowest BCUT2D eigenvalue weighted by Crippen LogP contribution is -2.16. The lowest BCUT2D eigenvalue weighted by atomic mass is 10.1. The molecule has 1 aliphatic rings. The predicted molar refractivity (Wildman–Crippen MR) is 130 cm³/mol. The van der Waals surface area contributed by atoms with Crippen LogP contribution in [0.1, 0.15) is 27.4 Å². The number of ether oxygens (including phenoxy) is 3. The highest BCUT2D eigenvalue weighted by Crippen LogP contribution is 2.33. The highest BCUT2D eigenvalue weighted by Gasteiger charge is 2.19. The largest absolute Gasteiger partial charge is 0.486 e. The summed E-state index contributed by atoms with van der Waals surface area (Å²) in [7, 11) is 0. The fourth-order valence-electron chi connectivity index (χ4n) is 4.08. The Kier molecular flexibility index (Phi) is 6.01. The van der Waals surface area contributed by atoms with Crippen molar-refractivity contribution >= 4 is 28.9 Å². The zero-order valence-corrected chi connectivity index (χ0v) is 19.4. The van der Waals surface area contributed by atoms with Crippen molar-refractivity contribution in [1.29, 1.82) is 0 Å². The lowest BCUT2D eigenvalue weighted by molar-refractivity contribution is -0.136. The molecule has 35 heavy (non-hydrogen) atoms. The van der Waals surface area contributed by atoms with Crippen molar-refractivity contribution in [2.75, 3.05) is 19.8 Å². The molecule has 0 fully saturated rings. The molecule has 0 bridgehead atoms. The molecular formula is C27H23N3O5. The van der Waals surface area contributed by atoms with Gasteiger partial charge in [0.05, 0.1) is 22.9 Å². The summed E-state index contributed by atoms with van der Waals surface area (Å²) in [6.07, 6.45) is 4.33. The van der Waals surface area contributed by atoms with Gasteiger partial charge in [-0.2, -0.15) is 0 Å². The Hall–Kier alpha value is -4.46. The summed E-state index contributed by atoms with van der Waals surface area (Å²) < 4.78 is 18.4. The number of aryl methyl sites for hydroxylation is 1. The van der Waals surface area contributed by atoms with Gasteiger partial charge in [0, 0.05) is 34.8 Å². The first-order chi connectivity index (χ1) is 17.0. The number of esters is 1. The van der Waals surface area contributed by atoms with Crippen LogP contribution in [0.4, 0.5) is 0 Å². The molecule has 0 saturated carbocycles. The van der Waals surface area contributed by atoms with E-state index in [-0.39, 0.29) is 12.4 Å². The van der Waals surface area contributed by atoms with Gasteiger partial charge < -0.3 is 18.8 Å². The number of carbonyl (C=O) groups excluding carboxylic acids is 2. The van der Waals surface area contributed by atoms with Crippen LogP contribution in [0.5, 0.6) is 11.5 Å². The van der Waals surface area contributed by atoms with Crippen molar-refractivity contribution in [2.45, 2.75) is 13.8 Å². The third-order valence-electron chi connectivity index (χ3n) is 5.72. The SMILES string of the molecule is Cc1cc(C(=O)COC(=O)/C=C/c2cnc3ccccc3n2)c(C)n1-c1ccc2c(c1)OCCO2. The Morgan fingerprint density at radius 3 is 2.63 bits per heavy atom. The van der Waals surface area contributed by atoms with Crippen LogP contribution in [0.2, 0.25) is 0 Å². The molecular weight excluding hydrogens is 446 g/mol. The highest BCUT2D eigenvalue weighted by molar-refractivity contribution is 6.00. The van der Waals surface area contributed by atoms with Gasteiger partial charge in [-0.05, 0) is 50.3 Å². The normalized spacial score (nSPS) is 12.7. The van der Waals surface area contributed by atoms with Crippen LogP contribution in [0.25, 0.3) is 22.8 Å². The van der Waals surface area contributed by atoms with E-state index in [9.17, 15) is 9.59 Å². The van der Waals surface area contributed by atoms with Gasteiger partial charge in [-0.3, -0.25) is 9.78 Å². The number of hydrogen-bond donors (Lipinski definition) is 0. The van der Waals surface area contributed by atoms with Gasteiger partial charge in [-0.25, -0.2) is 9.78 Å². The second-order valence-electron chi connectivity index (χ2n) is 8.10. The van der Waals surface area contributed by atoms with Crippen LogP contribution in [-0.4, -0.2) is 46.1 Å². The number of para-hydroxylation sites is 2. The number of hydrogen-bond acceptors (Lipinski definition) is 7. The smallest absolute Gasteiger partial charge is 0.331 e. The van der Waals surface area contributed by atoms with E-state index in [1.54, 1.807) is 12.3 Å². The van der Waals surface area contributed by atoms with E-state index < -0.39 is 5.97 Å². The van der Waals surface area contributed by atoms with Crippen LogP contribution in [0.3, 0.4) is 0 Å². The molecule has 0 spiro atoms. The summed E-state index contributed by atoms with van der Waals surface area (Å²) in [4.78, 5) is 33.8. The van der Waals surface area contributed by atoms with Crippen LogP contribution in [0.15, 0.2) is 60.8 Å². The maximum atomic E-state index is 12.8. The zero-order valence-electron chi connectivity index (χ0n) is 19.4. The predicted octanol–water partition coefficient (Wildman–Crippen LogP) is 4.25. The molecule has 8 heteroatoms. The molecule has 0 atom stereocenters. The quantitative estimate of drug-likeness (QED) is 0.237. The Morgan fingerprint density at radius 1 is 1.03 bits per heavy atom. The van der Waals surface area contributed by atoms with Crippen molar-refractivity contribution in [3.63, 3.8) is 0 Å². The monoisotopic (exact) mass is 469 g/mol. The lowest BCUT2D eigenvalue weighted by Gasteiger charge is -2.20. The average molecular weight is 469 g/mol. The van der Waals surface area contributed by atoms with E-state index in [1.165, 1.54) is 12.2 Å². The third kappa shape index (κ3) is 4.63. The van der Waals surface area contributed by atoms with E-state index >= 15 is 0 Å². The second-order valence-corrected chi connectivity index (χ2v) is 8.10. The number of nitrogens with zero attached hydrogens (tertiary/aromatic N) is 3. The molecule has 176 valence electrons. The highest BCUT2D eigenvalue weighted by atomic mass is 16.6. The number of carbonyl (C=O) groups is 2. The van der Waals surface area contributed by atoms with Gasteiger partial charge in [-0.15, -0.1) is 0 Å².